The average Bonchev–Trinajstić information content (AvgIpc) is 2.33. The summed E-state index contributed by atoms with van der Waals surface area (Å²) in [5, 5.41) is 11.9. The Morgan fingerprint density at radius 3 is 2.53 bits per heavy atom. The number of hydrogen-bond donors (Lipinski definition) is 2. The highest BCUT2D eigenvalue weighted by Gasteiger charge is 2.12. The van der Waals surface area contributed by atoms with Crippen LogP contribution in [0.2, 0.25) is 0 Å². The minimum Gasteiger partial charge on any atom is -0.507 e. The van der Waals surface area contributed by atoms with Crippen LogP contribution in [0.15, 0.2) is 36.4 Å². The van der Waals surface area contributed by atoms with Crippen LogP contribution >= 0.6 is 0 Å². The van der Waals surface area contributed by atoms with E-state index in [4.69, 9.17) is 0 Å². The maximum Gasteiger partial charge on any atom is 0.259 e. The molecule has 0 fully saturated rings. The number of anilines is 1. The normalized spacial score (nSPS) is 10.3. The van der Waals surface area contributed by atoms with Crippen LogP contribution in [0.4, 0.5) is 14.5 Å². The lowest BCUT2D eigenvalue weighted by Gasteiger charge is -2.07. The zero-order chi connectivity index (χ0) is 14.0. The Hall–Kier alpha value is -2.43. The van der Waals surface area contributed by atoms with Crippen LogP contribution in [0.5, 0.6) is 5.75 Å². The third kappa shape index (κ3) is 2.88. The van der Waals surface area contributed by atoms with Gasteiger partial charge in [-0.3, -0.25) is 4.79 Å². The quantitative estimate of drug-likeness (QED) is 0.873. The lowest BCUT2D eigenvalue weighted by atomic mass is 10.1. The minimum atomic E-state index is -0.643. The number of benzene rings is 2. The van der Waals surface area contributed by atoms with Gasteiger partial charge in [0.1, 0.15) is 17.4 Å². The molecule has 0 radical (unpaired) electrons. The number of phenols is 1. The number of hydrogen-bond acceptors (Lipinski definition) is 2. The van der Waals surface area contributed by atoms with Crippen molar-refractivity contribution in [3.63, 3.8) is 0 Å². The molecular formula is C14H11F2NO2. The third-order valence-electron chi connectivity index (χ3n) is 2.63. The zero-order valence-corrected chi connectivity index (χ0v) is 10.1. The van der Waals surface area contributed by atoms with Gasteiger partial charge in [-0.1, -0.05) is 6.07 Å². The molecule has 2 aromatic rings. The first-order valence-corrected chi connectivity index (χ1v) is 5.53. The van der Waals surface area contributed by atoms with Crippen molar-refractivity contribution in [2.45, 2.75) is 6.92 Å². The van der Waals surface area contributed by atoms with Gasteiger partial charge in [0.2, 0.25) is 0 Å². The SMILES string of the molecule is Cc1ccc(NC(=O)c2ccc(F)cc2O)cc1F. The van der Waals surface area contributed by atoms with Crippen LogP contribution in [-0.2, 0) is 0 Å². The van der Waals surface area contributed by atoms with Crippen molar-refractivity contribution >= 4 is 11.6 Å². The number of amides is 1. The first kappa shape index (κ1) is 13.0. The van der Waals surface area contributed by atoms with E-state index in [-0.39, 0.29) is 11.3 Å². The van der Waals surface area contributed by atoms with Gasteiger partial charge >= 0.3 is 0 Å². The summed E-state index contributed by atoms with van der Waals surface area (Å²) in [5.74, 6) is -2.19. The number of phenolic OH excluding ortho intramolecular Hbond substituents is 1. The fourth-order valence-electron chi connectivity index (χ4n) is 1.57. The Morgan fingerprint density at radius 2 is 1.89 bits per heavy atom. The van der Waals surface area contributed by atoms with E-state index in [9.17, 15) is 18.7 Å². The number of rotatable bonds is 2. The highest BCUT2D eigenvalue weighted by molar-refractivity contribution is 6.06. The van der Waals surface area contributed by atoms with E-state index < -0.39 is 23.3 Å². The van der Waals surface area contributed by atoms with Crippen LogP contribution in [0.25, 0.3) is 0 Å². The van der Waals surface area contributed by atoms with E-state index >= 15 is 0 Å². The lowest BCUT2D eigenvalue weighted by Crippen LogP contribution is -2.12. The van der Waals surface area contributed by atoms with E-state index in [2.05, 4.69) is 5.32 Å². The van der Waals surface area contributed by atoms with Crippen molar-refractivity contribution in [3.05, 3.63) is 59.2 Å². The predicted molar refractivity (Wildman–Crippen MR) is 67.2 cm³/mol. The molecule has 0 atom stereocenters. The van der Waals surface area contributed by atoms with Gasteiger partial charge in [0.05, 0.1) is 5.56 Å². The molecule has 98 valence electrons. The molecule has 3 nitrogen and oxygen atoms in total. The summed E-state index contributed by atoms with van der Waals surface area (Å²) in [5.41, 5.74) is 0.641. The average molecular weight is 263 g/mol. The number of aromatic hydroxyl groups is 1. The Balaban J connectivity index is 2.23. The second kappa shape index (κ2) is 5.06. The Kier molecular flexibility index (Phi) is 3.46. The predicted octanol–water partition coefficient (Wildman–Crippen LogP) is 3.23. The monoisotopic (exact) mass is 263 g/mol. The van der Waals surface area contributed by atoms with Gasteiger partial charge in [-0.05, 0) is 36.8 Å². The van der Waals surface area contributed by atoms with E-state index in [0.717, 1.165) is 18.2 Å². The van der Waals surface area contributed by atoms with E-state index in [0.29, 0.717) is 5.56 Å². The minimum absolute atomic E-state index is 0.0811. The number of nitrogens with one attached hydrogen (secondary N) is 1. The van der Waals surface area contributed by atoms with Gasteiger partial charge in [0.15, 0.2) is 0 Å². The standard InChI is InChI=1S/C14H11F2NO2/c1-8-2-4-10(7-12(8)16)17-14(19)11-5-3-9(15)6-13(11)18/h2-7,18H,1H3,(H,17,19). The van der Waals surface area contributed by atoms with E-state index in [1.54, 1.807) is 6.92 Å². The number of carbonyl (C=O) groups is 1. The Morgan fingerprint density at radius 1 is 1.16 bits per heavy atom. The molecule has 0 saturated carbocycles. The van der Waals surface area contributed by atoms with Crippen molar-refractivity contribution in [3.8, 4) is 5.75 Å². The summed E-state index contributed by atoms with van der Waals surface area (Å²) < 4.78 is 26.1. The van der Waals surface area contributed by atoms with Crippen LogP contribution in [0, 0.1) is 18.6 Å². The molecule has 0 bridgehead atoms. The molecule has 19 heavy (non-hydrogen) atoms. The summed E-state index contributed by atoms with van der Waals surface area (Å²) in [6.07, 6.45) is 0. The molecule has 2 N–H and O–H groups in total. The third-order valence-corrected chi connectivity index (χ3v) is 2.63. The zero-order valence-electron chi connectivity index (χ0n) is 10.1. The van der Waals surface area contributed by atoms with Crippen LogP contribution in [-0.4, -0.2) is 11.0 Å². The molecule has 0 spiro atoms. The van der Waals surface area contributed by atoms with Gasteiger partial charge in [0, 0.05) is 11.8 Å². The van der Waals surface area contributed by atoms with Gasteiger partial charge in [-0.25, -0.2) is 8.78 Å². The van der Waals surface area contributed by atoms with Gasteiger partial charge in [-0.2, -0.15) is 0 Å². The Labute approximate surface area is 108 Å². The van der Waals surface area contributed by atoms with E-state index in [1.165, 1.54) is 18.2 Å². The molecule has 2 aromatic carbocycles. The number of aryl methyl sites for hydroxylation is 1. The highest BCUT2D eigenvalue weighted by atomic mass is 19.1. The maximum atomic E-state index is 13.3. The van der Waals surface area contributed by atoms with Crippen LogP contribution in [0.3, 0.4) is 0 Å². The largest absolute Gasteiger partial charge is 0.507 e. The molecule has 0 aliphatic rings. The molecule has 0 heterocycles. The summed E-state index contributed by atoms with van der Waals surface area (Å²) in [6.45, 7) is 1.60. The number of halogens is 2. The van der Waals surface area contributed by atoms with Gasteiger partial charge in [0.25, 0.3) is 5.91 Å². The molecular weight excluding hydrogens is 252 g/mol. The molecule has 0 aliphatic carbocycles. The van der Waals surface area contributed by atoms with Crippen LogP contribution in [0.1, 0.15) is 15.9 Å². The summed E-state index contributed by atoms with van der Waals surface area (Å²) in [4.78, 5) is 11.8. The maximum absolute atomic E-state index is 13.3. The highest BCUT2D eigenvalue weighted by Crippen LogP contribution is 2.20. The first-order chi connectivity index (χ1) is 8.97. The van der Waals surface area contributed by atoms with Gasteiger partial charge < -0.3 is 10.4 Å². The first-order valence-electron chi connectivity index (χ1n) is 5.53. The second-order valence-corrected chi connectivity index (χ2v) is 4.08. The van der Waals surface area contributed by atoms with E-state index in [1.807, 2.05) is 0 Å². The van der Waals surface area contributed by atoms with Crippen molar-refractivity contribution in [1.29, 1.82) is 0 Å². The van der Waals surface area contributed by atoms with Crippen molar-refractivity contribution < 1.29 is 18.7 Å². The Bertz CT molecular complexity index is 641. The summed E-state index contributed by atoms with van der Waals surface area (Å²) in [7, 11) is 0. The molecule has 0 saturated heterocycles. The smallest absolute Gasteiger partial charge is 0.259 e. The molecule has 2 rings (SSSR count). The van der Waals surface area contributed by atoms with Crippen LogP contribution < -0.4 is 5.32 Å². The van der Waals surface area contributed by atoms with Crippen molar-refractivity contribution in [2.75, 3.05) is 5.32 Å². The second-order valence-electron chi connectivity index (χ2n) is 4.08. The number of carbonyl (C=O) groups excluding carboxylic acids is 1. The van der Waals surface area contributed by atoms with Gasteiger partial charge in [-0.15, -0.1) is 0 Å². The lowest BCUT2D eigenvalue weighted by molar-refractivity contribution is 0.102. The van der Waals surface area contributed by atoms with Crippen molar-refractivity contribution in [2.24, 2.45) is 0 Å². The molecule has 5 heteroatoms. The topological polar surface area (TPSA) is 49.3 Å². The fourth-order valence-corrected chi connectivity index (χ4v) is 1.57. The summed E-state index contributed by atoms with van der Waals surface area (Å²) >= 11 is 0. The molecule has 0 aromatic heterocycles. The molecule has 0 unspecified atom stereocenters. The molecule has 0 aliphatic heterocycles. The summed E-state index contributed by atoms with van der Waals surface area (Å²) in [6, 6.07) is 7.29. The molecule has 1 amide bonds. The van der Waals surface area contributed by atoms with Crippen molar-refractivity contribution in [1.82, 2.24) is 0 Å². The fraction of sp³-hybridized carbons (Fsp3) is 0.0714.